The summed E-state index contributed by atoms with van der Waals surface area (Å²) in [7, 11) is 0. The van der Waals surface area contributed by atoms with Gasteiger partial charge in [0.05, 0.1) is 5.38 Å². The summed E-state index contributed by atoms with van der Waals surface area (Å²) in [5.74, 6) is 0. The Morgan fingerprint density at radius 2 is 2.06 bits per heavy atom. The summed E-state index contributed by atoms with van der Waals surface area (Å²) in [5.41, 5.74) is 2.58. The molecule has 0 N–H and O–H groups in total. The molecule has 1 heterocycles. The topological polar surface area (TPSA) is 0 Å². The lowest BCUT2D eigenvalue weighted by molar-refractivity contribution is 0.931. The maximum absolute atomic E-state index is 6.51. The van der Waals surface area contributed by atoms with E-state index in [-0.39, 0.29) is 5.38 Å². The molecule has 0 aliphatic heterocycles. The van der Waals surface area contributed by atoms with Crippen LogP contribution in [-0.4, -0.2) is 0 Å². The van der Waals surface area contributed by atoms with Gasteiger partial charge in [-0.05, 0) is 49.6 Å². The second-order valence-electron chi connectivity index (χ2n) is 4.21. The normalized spacial score (nSPS) is 12.7. The van der Waals surface area contributed by atoms with Gasteiger partial charge in [-0.1, -0.05) is 28.1 Å². The first kappa shape index (κ1) is 13.1. The van der Waals surface area contributed by atoms with Crippen molar-refractivity contribution < 1.29 is 0 Å². The molecule has 3 heteroatoms. The Balaban J connectivity index is 2.16. The van der Waals surface area contributed by atoms with E-state index in [4.69, 9.17) is 11.6 Å². The number of hydrogen-bond donors (Lipinski definition) is 0. The highest BCUT2D eigenvalue weighted by molar-refractivity contribution is 9.10. The average Bonchev–Trinajstić information content (AvgIpc) is 2.58. The van der Waals surface area contributed by atoms with Crippen LogP contribution in [-0.2, 0) is 6.42 Å². The Hall–Kier alpha value is -0.310. The van der Waals surface area contributed by atoms with Gasteiger partial charge in [0.25, 0.3) is 0 Å². The number of thiophene rings is 1. The summed E-state index contributed by atoms with van der Waals surface area (Å²) < 4.78 is 1.11. The fraction of sp³-hybridized carbons (Fsp3) is 0.286. The number of rotatable bonds is 3. The number of benzene rings is 1. The Morgan fingerprint density at radius 3 is 2.65 bits per heavy atom. The van der Waals surface area contributed by atoms with Crippen LogP contribution in [0.2, 0.25) is 0 Å². The maximum Gasteiger partial charge on any atom is 0.0721 e. The van der Waals surface area contributed by atoms with Gasteiger partial charge in [0.15, 0.2) is 0 Å². The largest absolute Gasteiger partial charge is 0.144 e. The molecule has 0 spiro atoms. The minimum absolute atomic E-state index is 0.0722. The molecule has 0 fully saturated rings. The van der Waals surface area contributed by atoms with E-state index in [2.05, 4.69) is 54.0 Å². The summed E-state index contributed by atoms with van der Waals surface area (Å²) >= 11 is 11.8. The molecular weight excluding hydrogens is 316 g/mol. The van der Waals surface area contributed by atoms with Crippen molar-refractivity contribution in [2.45, 2.75) is 25.6 Å². The SMILES string of the molecule is Cc1cc(C)c(C(Cl)Cc2cccc(Br)c2)s1. The van der Waals surface area contributed by atoms with Crippen molar-refractivity contribution in [1.29, 1.82) is 0 Å². The van der Waals surface area contributed by atoms with Crippen molar-refractivity contribution in [1.82, 2.24) is 0 Å². The lowest BCUT2D eigenvalue weighted by Gasteiger charge is -2.09. The van der Waals surface area contributed by atoms with Crippen molar-refractivity contribution in [3.05, 3.63) is 55.7 Å². The molecule has 1 aromatic heterocycles. The van der Waals surface area contributed by atoms with Crippen LogP contribution in [0.3, 0.4) is 0 Å². The Kier molecular flexibility index (Phi) is 4.29. The molecule has 0 aliphatic rings. The van der Waals surface area contributed by atoms with Gasteiger partial charge in [-0.15, -0.1) is 22.9 Å². The summed E-state index contributed by atoms with van der Waals surface area (Å²) in [4.78, 5) is 2.63. The molecule has 0 saturated heterocycles. The molecule has 1 unspecified atom stereocenters. The molecule has 0 nitrogen and oxygen atoms in total. The molecule has 0 saturated carbocycles. The fourth-order valence-corrected chi connectivity index (χ4v) is 3.88. The zero-order valence-corrected chi connectivity index (χ0v) is 13.0. The highest BCUT2D eigenvalue weighted by atomic mass is 79.9. The Bertz CT molecular complexity index is 519. The van der Waals surface area contributed by atoms with Crippen molar-refractivity contribution in [2.75, 3.05) is 0 Å². The molecule has 1 aromatic carbocycles. The van der Waals surface area contributed by atoms with E-state index in [0.29, 0.717) is 0 Å². The lowest BCUT2D eigenvalue weighted by Crippen LogP contribution is -1.95. The molecular formula is C14H14BrClS. The van der Waals surface area contributed by atoms with Gasteiger partial charge in [0.2, 0.25) is 0 Å². The minimum atomic E-state index is 0.0722. The first-order chi connectivity index (χ1) is 8.06. The summed E-state index contributed by atoms with van der Waals surface area (Å²) in [6, 6.07) is 10.5. The quantitative estimate of drug-likeness (QED) is 0.638. The monoisotopic (exact) mass is 328 g/mol. The van der Waals surface area contributed by atoms with Gasteiger partial charge in [0.1, 0.15) is 0 Å². The molecule has 90 valence electrons. The van der Waals surface area contributed by atoms with Gasteiger partial charge in [-0.2, -0.15) is 0 Å². The molecule has 0 amide bonds. The Labute approximate surface area is 120 Å². The van der Waals surface area contributed by atoms with Crippen molar-refractivity contribution in [2.24, 2.45) is 0 Å². The van der Waals surface area contributed by atoms with E-state index in [1.807, 2.05) is 6.07 Å². The van der Waals surface area contributed by atoms with E-state index in [1.54, 1.807) is 11.3 Å². The standard InChI is InChI=1S/C14H14BrClS/c1-9-6-10(2)17-14(9)13(16)8-11-4-3-5-12(15)7-11/h3-7,13H,8H2,1-2H3. The smallest absolute Gasteiger partial charge is 0.0721 e. The predicted octanol–water partition coefficient (Wildman–Crippen LogP) is 5.65. The van der Waals surface area contributed by atoms with Crippen LogP contribution in [0.1, 0.15) is 26.3 Å². The molecule has 0 aliphatic carbocycles. The van der Waals surface area contributed by atoms with E-state index in [9.17, 15) is 0 Å². The zero-order valence-electron chi connectivity index (χ0n) is 9.84. The van der Waals surface area contributed by atoms with Crippen LogP contribution in [0.4, 0.5) is 0 Å². The molecule has 17 heavy (non-hydrogen) atoms. The predicted molar refractivity (Wildman–Crippen MR) is 80.2 cm³/mol. The van der Waals surface area contributed by atoms with Crippen LogP contribution in [0.5, 0.6) is 0 Å². The Morgan fingerprint density at radius 1 is 1.29 bits per heavy atom. The molecule has 1 atom stereocenters. The van der Waals surface area contributed by atoms with Crippen molar-refractivity contribution >= 4 is 38.9 Å². The highest BCUT2D eigenvalue weighted by Gasteiger charge is 2.14. The van der Waals surface area contributed by atoms with Gasteiger partial charge < -0.3 is 0 Å². The number of halogens is 2. The molecule has 0 bridgehead atoms. The van der Waals surface area contributed by atoms with Crippen molar-refractivity contribution in [3.8, 4) is 0 Å². The van der Waals surface area contributed by atoms with E-state index < -0.39 is 0 Å². The minimum Gasteiger partial charge on any atom is -0.144 e. The second kappa shape index (κ2) is 5.55. The van der Waals surface area contributed by atoms with Gasteiger partial charge in [0, 0.05) is 14.2 Å². The van der Waals surface area contributed by atoms with Crippen LogP contribution >= 0.6 is 38.9 Å². The summed E-state index contributed by atoms with van der Waals surface area (Å²) in [5, 5.41) is 0.0722. The van der Waals surface area contributed by atoms with Crippen molar-refractivity contribution in [3.63, 3.8) is 0 Å². The second-order valence-corrected chi connectivity index (χ2v) is 6.94. The first-order valence-corrected chi connectivity index (χ1v) is 7.56. The molecule has 2 rings (SSSR count). The zero-order chi connectivity index (χ0) is 12.4. The fourth-order valence-electron chi connectivity index (χ4n) is 1.93. The van der Waals surface area contributed by atoms with Crippen LogP contribution in [0.25, 0.3) is 0 Å². The number of hydrogen-bond acceptors (Lipinski definition) is 1. The first-order valence-electron chi connectivity index (χ1n) is 5.51. The van der Waals surface area contributed by atoms with E-state index in [0.717, 1.165) is 10.9 Å². The van der Waals surface area contributed by atoms with E-state index in [1.165, 1.54) is 20.9 Å². The van der Waals surface area contributed by atoms with Crippen LogP contribution < -0.4 is 0 Å². The summed E-state index contributed by atoms with van der Waals surface area (Å²) in [6.45, 7) is 4.26. The summed E-state index contributed by atoms with van der Waals surface area (Å²) in [6.07, 6.45) is 0.877. The third-order valence-corrected chi connectivity index (χ3v) is 4.93. The number of alkyl halides is 1. The van der Waals surface area contributed by atoms with Crippen LogP contribution in [0.15, 0.2) is 34.8 Å². The van der Waals surface area contributed by atoms with E-state index >= 15 is 0 Å². The average molecular weight is 330 g/mol. The lowest BCUT2D eigenvalue weighted by atomic mass is 10.1. The van der Waals surface area contributed by atoms with Crippen LogP contribution in [0, 0.1) is 13.8 Å². The number of aryl methyl sites for hydroxylation is 2. The van der Waals surface area contributed by atoms with Gasteiger partial charge in [-0.25, -0.2) is 0 Å². The third-order valence-electron chi connectivity index (χ3n) is 2.67. The maximum atomic E-state index is 6.51. The third kappa shape index (κ3) is 3.34. The van der Waals surface area contributed by atoms with Gasteiger partial charge >= 0.3 is 0 Å². The van der Waals surface area contributed by atoms with Gasteiger partial charge in [-0.3, -0.25) is 0 Å². The molecule has 0 radical (unpaired) electrons. The molecule has 2 aromatic rings. The highest BCUT2D eigenvalue weighted by Crippen LogP contribution is 2.34.